The van der Waals surface area contributed by atoms with Crippen LogP contribution in [0, 0.1) is 11.7 Å². The van der Waals surface area contributed by atoms with Crippen LogP contribution in [0.4, 0.5) is 10.1 Å². The summed E-state index contributed by atoms with van der Waals surface area (Å²) in [7, 11) is 0. The highest BCUT2D eigenvalue weighted by Gasteiger charge is 2.34. The van der Waals surface area contributed by atoms with E-state index in [9.17, 15) is 14.0 Å². The molecule has 0 aliphatic carbocycles. The molecular formula is C21H23FN2O2. The molecule has 1 heterocycles. The fourth-order valence-electron chi connectivity index (χ4n) is 3.26. The molecule has 0 aromatic heterocycles. The van der Waals surface area contributed by atoms with Crippen molar-refractivity contribution in [1.29, 1.82) is 0 Å². The van der Waals surface area contributed by atoms with E-state index in [2.05, 4.69) is 19.2 Å². The summed E-state index contributed by atoms with van der Waals surface area (Å²) >= 11 is 0. The summed E-state index contributed by atoms with van der Waals surface area (Å²) in [4.78, 5) is 26.6. The molecule has 0 saturated carbocycles. The Kier molecular flexibility index (Phi) is 5.35. The Labute approximate surface area is 153 Å². The van der Waals surface area contributed by atoms with Crippen LogP contribution in [-0.4, -0.2) is 23.3 Å². The molecule has 0 bridgehead atoms. The molecule has 1 atom stereocenters. The van der Waals surface area contributed by atoms with Crippen molar-refractivity contribution in [3.05, 3.63) is 65.5 Å². The second-order valence-electron chi connectivity index (χ2n) is 7.03. The predicted octanol–water partition coefficient (Wildman–Crippen LogP) is 3.94. The minimum atomic E-state index is -0.372. The lowest BCUT2D eigenvalue weighted by Crippen LogP contribution is -2.28. The van der Waals surface area contributed by atoms with E-state index in [-0.39, 0.29) is 30.0 Å². The summed E-state index contributed by atoms with van der Waals surface area (Å²) in [6.07, 6.45) is 0.205. The van der Waals surface area contributed by atoms with E-state index >= 15 is 0 Å². The highest BCUT2D eigenvalue weighted by Crippen LogP contribution is 2.26. The fourth-order valence-corrected chi connectivity index (χ4v) is 3.26. The Morgan fingerprint density at radius 2 is 1.88 bits per heavy atom. The second kappa shape index (κ2) is 7.68. The van der Waals surface area contributed by atoms with Gasteiger partial charge in [0.1, 0.15) is 5.82 Å². The highest BCUT2D eigenvalue weighted by molar-refractivity contribution is 5.97. The van der Waals surface area contributed by atoms with Crippen molar-refractivity contribution < 1.29 is 14.0 Å². The van der Waals surface area contributed by atoms with Gasteiger partial charge in [-0.05, 0) is 35.2 Å². The monoisotopic (exact) mass is 354 g/mol. The van der Waals surface area contributed by atoms with Crippen LogP contribution in [0.15, 0.2) is 48.5 Å². The van der Waals surface area contributed by atoms with Crippen molar-refractivity contribution in [2.45, 2.75) is 32.7 Å². The Bertz CT molecular complexity index is 802. The number of hydrogen-bond acceptors (Lipinski definition) is 2. The molecule has 3 rings (SSSR count). The molecule has 1 fully saturated rings. The maximum absolute atomic E-state index is 13.0. The van der Waals surface area contributed by atoms with Crippen molar-refractivity contribution in [2.24, 2.45) is 5.92 Å². The molecule has 1 N–H and O–H groups in total. The Balaban J connectivity index is 1.65. The van der Waals surface area contributed by atoms with E-state index in [1.807, 2.05) is 24.3 Å². The van der Waals surface area contributed by atoms with Gasteiger partial charge in [-0.25, -0.2) is 4.39 Å². The first kappa shape index (κ1) is 18.1. The maximum Gasteiger partial charge on any atom is 0.229 e. The number of nitrogens with one attached hydrogen (secondary N) is 1. The minimum Gasteiger partial charge on any atom is -0.338 e. The van der Waals surface area contributed by atoms with Crippen LogP contribution in [0.5, 0.6) is 0 Å². The van der Waals surface area contributed by atoms with Crippen LogP contribution in [0.25, 0.3) is 0 Å². The van der Waals surface area contributed by atoms with E-state index in [0.717, 1.165) is 16.8 Å². The van der Waals surface area contributed by atoms with Crippen LogP contribution in [0.2, 0.25) is 0 Å². The average Bonchev–Trinajstić information content (AvgIpc) is 2.98. The van der Waals surface area contributed by atoms with Gasteiger partial charge in [-0.1, -0.05) is 44.2 Å². The number of carbonyl (C=O) groups is 2. The molecule has 4 nitrogen and oxygen atoms in total. The Hall–Kier alpha value is -2.69. The highest BCUT2D eigenvalue weighted by atomic mass is 19.1. The third kappa shape index (κ3) is 4.10. The molecule has 136 valence electrons. The molecule has 26 heavy (non-hydrogen) atoms. The van der Waals surface area contributed by atoms with Gasteiger partial charge in [0, 0.05) is 25.2 Å². The Morgan fingerprint density at radius 3 is 2.58 bits per heavy atom. The number of para-hydroxylation sites is 1. The number of rotatable bonds is 5. The van der Waals surface area contributed by atoms with Gasteiger partial charge in [0.2, 0.25) is 11.8 Å². The molecule has 2 aromatic rings. The number of anilines is 1. The van der Waals surface area contributed by atoms with E-state index < -0.39 is 0 Å². The van der Waals surface area contributed by atoms with Crippen LogP contribution in [-0.2, 0) is 16.1 Å². The van der Waals surface area contributed by atoms with Crippen molar-refractivity contribution in [2.75, 3.05) is 11.9 Å². The molecule has 0 spiro atoms. The van der Waals surface area contributed by atoms with Gasteiger partial charge < -0.3 is 10.2 Å². The van der Waals surface area contributed by atoms with Crippen molar-refractivity contribution in [1.82, 2.24) is 4.90 Å². The number of nitrogens with zero attached hydrogens (tertiary/aromatic N) is 1. The van der Waals surface area contributed by atoms with E-state index in [0.29, 0.717) is 19.0 Å². The van der Waals surface area contributed by atoms with Gasteiger partial charge in [0.05, 0.1) is 5.92 Å². The lowest BCUT2D eigenvalue weighted by atomic mass is 10.0. The zero-order valence-electron chi connectivity index (χ0n) is 15.0. The number of benzene rings is 2. The Morgan fingerprint density at radius 1 is 1.19 bits per heavy atom. The van der Waals surface area contributed by atoms with E-state index in [1.54, 1.807) is 17.0 Å². The third-order valence-corrected chi connectivity index (χ3v) is 4.71. The zero-order chi connectivity index (χ0) is 18.7. The average molecular weight is 354 g/mol. The molecule has 1 saturated heterocycles. The topological polar surface area (TPSA) is 49.4 Å². The fraction of sp³-hybridized carbons (Fsp3) is 0.333. The molecule has 2 aromatic carbocycles. The summed E-state index contributed by atoms with van der Waals surface area (Å²) in [5.41, 5.74) is 2.73. The van der Waals surface area contributed by atoms with E-state index in [1.165, 1.54) is 12.1 Å². The second-order valence-corrected chi connectivity index (χ2v) is 7.03. The van der Waals surface area contributed by atoms with Gasteiger partial charge in [-0.15, -0.1) is 0 Å². The van der Waals surface area contributed by atoms with Crippen molar-refractivity contribution in [3.63, 3.8) is 0 Å². The molecule has 1 aliphatic heterocycles. The number of likely N-dealkylation sites (tertiary alicyclic amines) is 1. The number of amides is 2. The largest absolute Gasteiger partial charge is 0.338 e. The summed E-state index contributed by atoms with van der Waals surface area (Å²) in [5, 5.41) is 2.98. The zero-order valence-corrected chi connectivity index (χ0v) is 15.0. The molecule has 5 heteroatoms. The predicted molar refractivity (Wildman–Crippen MR) is 99.1 cm³/mol. The summed E-state index contributed by atoms with van der Waals surface area (Å²) in [6.45, 7) is 4.93. The van der Waals surface area contributed by atoms with Crippen LogP contribution in [0.3, 0.4) is 0 Å². The number of carbonyl (C=O) groups excluding carboxylic acids is 2. The van der Waals surface area contributed by atoms with Gasteiger partial charge in [-0.2, -0.15) is 0 Å². The van der Waals surface area contributed by atoms with Gasteiger partial charge >= 0.3 is 0 Å². The van der Waals surface area contributed by atoms with Crippen LogP contribution in [0.1, 0.15) is 37.3 Å². The number of hydrogen-bond donors (Lipinski definition) is 1. The first-order valence-electron chi connectivity index (χ1n) is 8.86. The quantitative estimate of drug-likeness (QED) is 0.884. The standard InChI is InChI=1S/C21H23FN2O2/c1-14(2)18-5-3-4-6-19(18)23-21(26)16-11-20(25)24(13-16)12-15-7-9-17(22)10-8-15/h3-10,14,16H,11-13H2,1-2H3,(H,23,26). The molecular weight excluding hydrogens is 331 g/mol. The SMILES string of the molecule is CC(C)c1ccccc1NC(=O)C1CC(=O)N(Cc2ccc(F)cc2)C1. The third-order valence-electron chi connectivity index (χ3n) is 4.71. The van der Waals surface area contributed by atoms with Crippen molar-refractivity contribution >= 4 is 17.5 Å². The lowest BCUT2D eigenvalue weighted by molar-refractivity contribution is -0.128. The van der Waals surface area contributed by atoms with Gasteiger partial charge in [-0.3, -0.25) is 9.59 Å². The first-order chi connectivity index (χ1) is 12.4. The number of halogens is 1. The minimum absolute atomic E-state index is 0.0494. The van der Waals surface area contributed by atoms with E-state index in [4.69, 9.17) is 0 Å². The van der Waals surface area contributed by atoms with Gasteiger partial charge in [0.25, 0.3) is 0 Å². The summed E-state index contributed by atoms with van der Waals surface area (Å²) in [5.74, 6) is -0.558. The molecule has 2 amide bonds. The molecule has 0 radical (unpaired) electrons. The van der Waals surface area contributed by atoms with Gasteiger partial charge in [0.15, 0.2) is 0 Å². The van der Waals surface area contributed by atoms with Crippen LogP contribution >= 0.6 is 0 Å². The summed E-state index contributed by atoms with van der Waals surface area (Å²) < 4.78 is 13.0. The van der Waals surface area contributed by atoms with Crippen LogP contribution < -0.4 is 5.32 Å². The smallest absolute Gasteiger partial charge is 0.229 e. The maximum atomic E-state index is 13.0. The molecule has 1 aliphatic rings. The molecule has 1 unspecified atom stereocenters. The summed E-state index contributed by atoms with van der Waals surface area (Å²) in [6, 6.07) is 13.8. The normalized spacial score (nSPS) is 17.0. The lowest BCUT2D eigenvalue weighted by Gasteiger charge is -2.18. The van der Waals surface area contributed by atoms with Crippen molar-refractivity contribution in [3.8, 4) is 0 Å². The first-order valence-corrected chi connectivity index (χ1v) is 8.86.